The number of amides is 1. The maximum atomic E-state index is 12.7. The van der Waals surface area contributed by atoms with Gasteiger partial charge in [-0.15, -0.1) is 12.4 Å². The second-order valence-electron chi connectivity index (χ2n) is 5.65. The van der Waals surface area contributed by atoms with Crippen molar-refractivity contribution in [3.63, 3.8) is 0 Å². The Bertz CT molecular complexity index is 634. The second kappa shape index (κ2) is 8.80. The van der Waals surface area contributed by atoms with Gasteiger partial charge in [-0.25, -0.2) is 8.42 Å². The molecule has 0 atom stereocenters. The summed E-state index contributed by atoms with van der Waals surface area (Å²) in [6.07, 6.45) is 1.27. The number of hydrogen-bond acceptors (Lipinski definition) is 6. The summed E-state index contributed by atoms with van der Waals surface area (Å²) in [5.41, 5.74) is 0.369. The molecule has 1 N–H and O–H groups in total. The molecule has 1 saturated heterocycles. The Morgan fingerprint density at radius 3 is 2.38 bits per heavy atom. The molecule has 0 radical (unpaired) electrons. The molecule has 0 aliphatic carbocycles. The number of hydrogen-bond donors (Lipinski definition) is 1. The fraction of sp³-hybridized carbons (Fsp3) is 0.714. The molecule has 1 aliphatic rings. The highest BCUT2D eigenvalue weighted by Gasteiger charge is 2.34. The number of carbonyl (C=O) groups is 1. The molecular weight excluding hydrogens is 356 g/mol. The molecule has 1 aromatic heterocycles. The molecule has 0 unspecified atom stereocenters. The molecule has 2 rings (SSSR count). The van der Waals surface area contributed by atoms with Crippen LogP contribution in [0.15, 0.2) is 9.42 Å². The normalized spacial score (nSPS) is 16.0. The Balaban J connectivity index is 0.00000288. The first kappa shape index (κ1) is 20.9. The molecule has 1 amide bonds. The van der Waals surface area contributed by atoms with Crippen LogP contribution in [-0.4, -0.2) is 68.5 Å². The Labute approximate surface area is 149 Å². The molecule has 0 bridgehead atoms. The topological polar surface area (TPSA) is 95.8 Å². The highest BCUT2D eigenvalue weighted by molar-refractivity contribution is 7.89. The molecule has 1 aromatic rings. The molecule has 8 nitrogen and oxygen atoms in total. The highest BCUT2D eigenvalue weighted by atomic mass is 35.5. The molecule has 0 spiro atoms. The smallest absolute Gasteiger partial charge is 0.248 e. The lowest BCUT2D eigenvalue weighted by Crippen LogP contribution is -2.50. The number of rotatable bonds is 6. The van der Waals surface area contributed by atoms with Crippen molar-refractivity contribution in [1.29, 1.82) is 0 Å². The van der Waals surface area contributed by atoms with Crippen molar-refractivity contribution in [1.82, 2.24) is 19.7 Å². The van der Waals surface area contributed by atoms with Gasteiger partial charge in [0.1, 0.15) is 10.6 Å². The minimum atomic E-state index is -3.62. The summed E-state index contributed by atoms with van der Waals surface area (Å²) in [4.78, 5) is 13.9. The number of aryl methyl sites for hydroxylation is 2. The van der Waals surface area contributed by atoms with E-state index in [1.54, 1.807) is 18.7 Å². The highest BCUT2D eigenvalue weighted by Crippen LogP contribution is 2.24. The van der Waals surface area contributed by atoms with Crippen LogP contribution in [0.3, 0.4) is 0 Å². The first-order chi connectivity index (χ1) is 10.9. The van der Waals surface area contributed by atoms with Crippen LogP contribution in [0, 0.1) is 13.8 Å². The molecule has 0 aromatic carbocycles. The molecule has 0 saturated carbocycles. The number of nitrogens with one attached hydrogen (secondary N) is 1. The van der Waals surface area contributed by atoms with Gasteiger partial charge in [0.25, 0.3) is 0 Å². The number of sulfonamides is 1. The Morgan fingerprint density at radius 2 is 1.88 bits per heavy atom. The van der Waals surface area contributed by atoms with E-state index in [4.69, 9.17) is 4.52 Å². The average molecular weight is 381 g/mol. The number of nitrogens with zero attached hydrogens (tertiary/aromatic N) is 3. The summed E-state index contributed by atoms with van der Waals surface area (Å²) < 4.78 is 31.7. The quantitative estimate of drug-likeness (QED) is 0.724. The summed E-state index contributed by atoms with van der Waals surface area (Å²) >= 11 is 0. The largest absolute Gasteiger partial charge is 0.360 e. The summed E-state index contributed by atoms with van der Waals surface area (Å²) in [6.45, 7) is 5.43. The fourth-order valence-electron chi connectivity index (χ4n) is 2.72. The maximum Gasteiger partial charge on any atom is 0.248 e. The molecule has 1 aliphatic heterocycles. The summed E-state index contributed by atoms with van der Waals surface area (Å²) in [6, 6.07) is 0. The van der Waals surface area contributed by atoms with Crippen LogP contribution < -0.4 is 5.32 Å². The first-order valence-corrected chi connectivity index (χ1v) is 9.17. The van der Waals surface area contributed by atoms with Crippen LogP contribution >= 0.6 is 12.4 Å². The van der Waals surface area contributed by atoms with E-state index in [1.165, 1.54) is 4.31 Å². The van der Waals surface area contributed by atoms with Crippen molar-refractivity contribution in [2.45, 2.75) is 31.6 Å². The third kappa shape index (κ3) is 4.47. The second-order valence-corrected chi connectivity index (χ2v) is 7.52. The third-order valence-electron chi connectivity index (χ3n) is 3.97. The van der Waals surface area contributed by atoms with Crippen LogP contribution in [0.25, 0.3) is 0 Å². The predicted octanol–water partition coefficient (Wildman–Crippen LogP) is 0.546. The van der Waals surface area contributed by atoms with Crippen molar-refractivity contribution in [3.8, 4) is 0 Å². The minimum absolute atomic E-state index is 0. The predicted molar refractivity (Wildman–Crippen MR) is 91.7 cm³/mol. The number of aromatic nitrogens is 1. The number of carbonyl (C=O) groups excluding carboxylic acids is 1. The van der Waals surface area contributed by atoms with Crippen molar-refractivity contribution in [3.05, 3.63) is 11.5 Å². The Hall–Kier alpha value is -1.16. The zero-order valence-corrected chi connectivity index (χ0v) is 15.9. The fourth-order valence-corrected chi connectivity index (χ4v) is 4.44. The van der Waals surface area contributed by atoms with E-state index in [9.17, 15) is 13.2 Å². The van der Waals surface area contributed by atoms with Crippen molar-refractivity contribution >= 4 is 28.3 Å². The lowest BCUT2D eigenvalue weighted by Gasteiger charge is -2.34. The maximum absolute atomic E-state index is 12.7. The number of piperazine rings is 1. The van der Waals surface area contributed by atoms with Crippen LogP contribution in [0.4, 0.5) is 0 Å². The summed E-state index contributed by atoms with van der Waals surface area (Å²) in [5, 5.41) is 6.72. The van der Waals surface area contributed by atoms with E-state index in [0.29, 0.717) is 44.1 Å². The molecular formula is C14H25ClN4O4S. The van der Waals surface area contributed by atoms with E-state index in [-0.39, 0.29) is 23.2 Å². The number of halogens is 1. The van der Waals surface area contributed by atoms with Gasteiger partial charge in [0, 0.05) is 32.6 Å². The Morgan fingerprint density at radius 1 is 1.25 bits per heavy atom. The SMILES string of the molecule is CNCCCC(=O)N1CCN(S(=O)(=O)c2c(C)noc2C)CC1.Cl. The van der Waals surface area contributed by atoms with Crippen molar-refractivity contribution in [2.75, 3.05) is 39.8 Å². The van der Waals surface area contributed by atoms with E-state index in [2.05, 4.69) is 10.5 Å². The minimum Gasteiger partial charge on any atom is -0.360 e. The van der Waals surface area contributed by atoms with Gasteiger partial charge in [0.05, 0.1) is 0 Å². The summed E-state index contributed by atoms with van der Waals surface area (Å²) in [5.74, 6) is 0.378. The van der Waals surface area contributed by atoms with Crippen molar-refractivity contribution in [2.24, 2.45) is 0 Å². The van der Waals surface area contributed by atoms with Gasteiger partial charge in [-0.3, -0.25) is 4.79 Å². The Kier molecular flexibility index (Phi) is 7.65. The lowest BCUT2D eigenvalue weighted by molar-refractivity contribution is -0.132. The molecule has 1 fully saturated rings. The lowest BCUT2D eigenvalue weighted by atomic mass is 10.2. The van der Waals surface area contributed by atoms with E-state index in [1.807, 2.05) is 7.05 Å². The monoisotopic (exact) mass is 380 g/mol. The standard InChI is InChI=1S/C14H24N4O4S.ClH/c1-11-14(12(2)22-16-11)23(20,21)18-9-7-17(8-10-18)13(19)5-4-6-15-3;/h15H,4-10H2,1-3H3;1H. The zero-order chi connectivity index (χ0) is 17.0. The van der Waals surface area contributed by atoms with Gasteiger partial charge in [0.15, 0.2) is 5.76 Å². The average Bonchev–Trinajstić information content (AvgIpc) is 2.87. The zero-order valence-electron chi connectivity index (χ0n) is 14.2. The van der Waals surface area contributed by atoms with Gasteiger partial charge in [-0.05, 0) is 33.9 Å². The third-order valence-corrected chi connectivity index (χ3v) is 6.12. The van der Waals surface area contributed by atoms with Crippen LogP contribution in [-0.2, 0) is 14.8 Å². The summed E-state index contributed by atoms with van der Waals surface area (Å²) in [7, 11) is -1.77. The van der Waals surface area contributed by atoms with Crippen LogP contribution in [0.5, 0.6) is 0 Å². The first-order valence-electron chi connectivity index (χ1n) is 7.73. The van der Waals surface area contributed by atoms with Gasteiger partial charge in [-0.2, -0.15) is 4.31 Å². The van der Waals surface area contributed by atoms with Gasteiger partial charge in [-0.1, -0.05) is 5.16 Å². The van der Waals surface area contributed by atoms with Crippen molar-refractivity contribution < 1.29 is 17.7 Å². The van der Waals surface area contributed by atoms with E-state index >= 15 is 0 Å². The molecule has 138 valence electrons. The van der Waals surface area contributed by atoms with Gasteiger partial charge < -0.3 is 14.7 Å². The molecule has 24 heavy (non-hydrogen) atoms. The van der Waals surface area contributed by atoms with E-state index in [0.717, 1.165) is 13.0 Å². The van der Waals surface area contributed by atoms with Crippen LogP contribution in [0.1, 0.15) is 24.3 Å². The van der Waals surface area contributed by atoms with Crippen LogP contribution in [0.2, 0.25) is 0 Å². The van der Waals surface area contributed by atoms with E-state index < -0.39 is 10.0 Å². The molecule has 2 heterocycles. The molecule has 10 heteroatoms. The van der Waals surface area contributed by atoms with Gasteiger partial charge in [0.2, 0.25) is 15.9 Å². The van der Waals surface area contributed by atoms with Gasteiger partial charge >= 0.3 is 0 Å².